The van der Waals surface area contributed by atoms with Gasteiger partial charge in [-0.2, -0.15) is 0 Å². The van der Waals surface area contributed by atoms with E-state index >= 15 is 0 Å². The fraction of sp³-hybridized carbons (Fsp3) is 0.808. The molecular weight excluding hydrogens is 462 g/mol. The van der Waals surface area contributed by atoms with Crippen LogP contribution in [0.1, 0.15) is 80.1 Å². The Labute approximate surface area is 215 Å². The number of rotatable bonds is 4. The second-order valence-electron chi connectivity index (χ2n) is 11.6. The standard InChI is InChI=1S/C26H45N5O5/c1-8-26(5,6)20-23(34)29-17(15-27-7)13-18-16(14-28-21(18)32)11-9-10-12-19(22(33)31-20)30-24(35)36-25(2,3)4/h15-20H,8-14H2,1-7H3,(H,28,32)(H,29,34)(H,30,35)(H,31,33)/t16-,17-,18-,19-,20+/m0/s1. The molecule has 4 N–H and O–H groups in total. The summed E-state index contributed by atoms with van der Waals surface area (Å²) in [7, 11) is 1.63. The van der Waals surface area contributed by atoms with Gasteiger partial charge in [0.2, 0.25) is 17.7 Å². The van der Waals surface area contributed by atoms with Crippen LogP contribution in [0.5, 0.6) is 0 Å². The van der Waals surface area contributed by atoms with E-state index in [1.807, 2.05) is 20.8 Å². The molecular formula is C26H45N5O5. The third-order valence-electron chi connectivity index (χ3n) is 7.18. The lowest BCUT2D eigenvalue weighted by molar-refractivity contribution is -0.133. The van der Waals surface area contributed by atoms with Crippen LogP contribution in [0.2, 0.25) is 0 Å². The Morgan fingerprint density at radius 2 is 1.72 bits per heavy atom. The van der Waals surface area contributed by atoms with Crippen molar-refractivity contribution < 1.29 is 23.9 Å². The molecule has 2 saturated heterocycles. The first kappa shape index (κ1) is 29.6. The monoisotopic (exact) mass is 507 g/mol. The molecule has 10 heteroatoms. The van der Waals surface area contributed by atoms with Gasteiger partial charge in [-0.25, -0.2) is 4.79 Å². The van der Waals surface area contributed by atoms with Crippen molar-refractivity contribution in [1.82, 2.24) is 21.3 Å². The average molecular weight is 508 g/mol. The number of carbonyl (C=O) groups excluding carboxylic acids is 4. The molecule has 0 spiro atoms. The lowest BCUT2D eigenvalue weighted by atomic mass is 9.80. The van der Waals surface area contributed by atoms with Crippen molar-refractivity contribution in [3.8, 4) is 0 Å². The molecule has 0 aromatic heterocycles. The van der Waals surface area contributed by atoms with Gasteiger partial charge in [0.25, 0.3) is 0 Å². The zero-order chi connectivity index (χ0) is 27.1. The molecule has 36 heavy (non-hydrogen) atoms. The van der Waals surface area contributed by atoms with E-state index in [0.717, 1.165) is 12.8 Å². The maximum Gasteiger partial charge on any atom is 0.408 e. The number of fused-ring (bicyclic) bond motifs is 1. The van der Waals surface area contributed by atoms with Crippen LogP contribution in [0.25, 0.3) is 0 Å². The molecule has 0 aromatic rings. The Balaban J connectivity index is 2.36. The van der Waals surface area contributed by atoms with Crippen molar-refractivity contribution >= 4 is 30.0 Å². The lowest BCUT2D eigenvalue weighted by Gasteiger charge is -2.35. The highest BCUT2D eigenvalue weighted by molar-refractivity contribution is 5.93. The van der Waals surface area contributed by atoms with Crippen LogP contribution in [-0.4, -0.2) is 67.3 Å². The van der Waals surface area contributed by atoms with E-state index in [-0.39, 0.29) is 23.7 Å². The third kappa shape index (κ3) is 8.48. The van der Waals surface area contributed by atoms with Crippen LogP contribution >= 0.6 is 0 Å². The Morgan fingerprint density at radius 1 is 1.06 bits per heavy atom. The molecule has 4 amide bonds. The lowest BCUT2D eigenvalue weighted by Crippen LogP contribution is -2.60. The predicted octanol–water partition coefficient (Wildman–Crippen LogP) is 2.31. The molecule has 10 nitrogen and oxygen atoms in total. The van der Waals surface area contributed by atoms with Crippen LogP contribution in [0, 0.1) is 17.3 Å². The Morgan fingerprint density at radius 3 is 2.33 bits per heavy atom. The number of amides is 4. The topological polar surface area (TPSA) is 138 Å². The van der Waals surface area contributed by atoms with Crippen molar-refractivity contribution in [3.05, 3.63) is 0 Å². The van der Waals surface area contributed by atoms with Gasteiger partial charge in [-0.15, -0.1) is 0 Å². The summed E-state index contributed by atoms with van der Waals surface area (Å²) in [5.74, 6) is -0.851. The van der Waals surface area contributed by atoms with Crippen molar-refractivity contribution in [1.29, 1.82) is 0 Å². The first-order valence-electron chi connectivity index (χ1n) is 13.1. The molecule has 0 unspecified atom stereocenters. The molecule has 204 valence electrons. The van der Waals surface area contributed by atoms with Crippen molar-refractivity contribution in [3.63, 3.8) is 0 Å². The maximum atomic E-state index is 13.5. The number of hydrogen-bond acceptors (Lipinski definition) is 6. The average Bonchev–Trinajstić information content (AvgIpc) is 3.11. The number of carbonyl (C=O) groups is 4. The van der Waals surface area contributed by atoms with Crippen LogP contribution in [-0.2, 0) is 19.1 Å². The van der Waals surface area contributed by atoms with E-state index in [0.29, 0.717) is 32.2 Å². The Bertz CT molecular complexity index is 835. The van der Waals surface area contributed by atoms with Crippen molar-refractivity contribution in [2.75, 3.05) is 13.6 Å². The van der Waals surface area contributed by atoms with E-state index in [1.165, 1.54) is 0 Å². The molecule has 2 fully saturated rings. The molecule has 2 heterocycles. The highest BCUT2D eigenvalue weighted by Crippen LogP contribution is 2.29. The molecule has 2 aliphatic rings. The van der Waals surface area contributed by atoms with E-state index in [2.05, 4.69) is 26.3 Å². The number of hydrogen-bond donors (Lipinski definition) is 4. The van der Waals surface area contributed by atoms with Gasteiger partial charge in [-0.1, -0.05) is 33.6 Å². The number of nitrogens with zero attached hydrogens (tertiary/aromatic N) is 1. The Hall–Kier alpha value is -2.65. The van der Waals surface area contributed by atoms with Gasteiger partial charge < -0.3 is 26.0 Å². The molecule has 5 atom stereocenters. The molecule has 0 aliphatic carbocycles. The number of nitrogens with one attached hydrogen (secondary N) is 4. The summed E-state index contributed by atoms with van der Waals surface area (Å²) in [6.07, 6.45) is 4.75. The first-order valence-corrected chi connectivity index (χ1v) is 13.1. The second-order valence-corrected chi connectivity index (χ2v) is 11.6. The highest BCUT2D eigenvalue weighted by atomic mass is 16.6. The smallest absolute Gasteiger partial charge is 0.408 e. The molecule has 0 saturated carbocycles. The summed E-state index contributed by atoms with van der Waals surface area (Å²) in [6.45, 7) is 11.7. The number of aliphatic imine (C=N–C) groups is 1. The van der Waals surface area contributed by atoms with Gasteiger partial charge in [-0.3, -0.25) is 19.4 Å². The van der Waals surface area contributed by atoms with Gasteiger partial charge >= 0.3 is 6.09 Å². The largest absolute Gasteiger partial charge is 0.444 e. The number of alkyl carbamates (subject to hydrolysis) is 1. The van der Waals surface area contributed by atoms with Gasteiger partial charge in [0.15, 0.2) is 0 Å². The molecule has 0 bridgehead atoms. The van der Waals surface area contributed by atoms with Crippen LogP contribution < -0.4 is 21.3 Å². The SMILES string of the molecule is CCC(C)(C)[C@@H]1NC(=O)[C@@H](NC(=O)OC(C)(C)C)CCCC[C@H]2CNC(=O)[C@H]2C[C@@H](C=NC)NC1=O. The zero-order valence-corrected chi connectivity index (χ0v) is 22.9. The summed E-state index contributed by atoms with van der Waals surface area (Å²) in [5, 5.41) is 11.6. The van der Waals surface area contributed by atoms with Gasteiger partial charge in [0.1, 0.15) is 17.7 Å². The summed E-state index contributed by atoms with van der Waals surface area (Å²) >= 11 is 0. The van der Waals surface area contributed by atoms with Gasteiger partial charge in [0.05, 0.1) is 6.04 Å². The molecule has 0 radical (unpaired) electrons. The first-order chi connectivity index (χ1) is 16.8. The van der Waals surface area contributed by atoms with E-state index in [4.69, 9.17) is 4.74 Å². The normalized spacial score (nSPS) is 29.0. The fourth-order valence-corrected chi connectivity index (χ4v) is 4.73. The van der Waals surface area contributed by atoms with E-state index in [1.54, 1.807) is 34.0 Å². The highest BCUT2D eigenvalue weighted by Gasteiger charge is 2.40. The summed E-state index contributed by atoms with van der Waals surface area (Å²) in [5.41, 5.74) is -1.27. The predicted molar refractivity (Wildman–Crippen MR) is 139 cm³/mol. The summed E-state index contributed by atoms with van der Waals surface area (Å²) in [6, 6.07) is -2.13. The van der Waals surface area contributed by atoms with Crippen LogP contribution in [0.3, 0.4) is 0 Å². The van der Waals surface area contributed by atoms with Crippen molar-refractivity contribution in [2.24, 2.45) is 22.2 Å². The molecule has 0 aromatic carbocycles. The summed E-state index contributed by atoms with van der Waals surface area (Å²) < 4.78 is 5.37. The number of ether oxygens (including phenoxy) is 1. The maximum absolute atomic E-state index is 13.5. The minimum atomic E-state index is -0.849. The van der Waals surface area contributed by atoms with E-state index in [9.17, 15) is 19.2 Å². The Kier molecular flexibility index (Phi) is 10.3. The minimum absolute atomic E-state index is 0.000874. The van der Waals surface area contributed by atoms with Gasteiger partial charge in [-0.05, 0) is 57.8 Å². The third-order valence-corrected chi connectivity index (χ3v) is 7.18. The molecule has 2 aliphatic heterocycles. The van der Waals surface area contributed by atoms with Crippen LogP contribution in [0.15, 0.2) is 4.99 Å². The zero-order valence-electron chi connectivity index (χ0n) is 22.9. The fourth-order valence-electron chi connectivity index (χ4n) is 4.73. The quantitative estimate of drug-likeness (QED) is 0.433. The van der Waals surface area contributed by atoms with Gasteiger partial charge in [0, 0.05) is 25.7 Å². The van der Waals surface area contributed by atoms with E-state index < -0.39 is 41.1 Å². The minimum Gasteiger partial charge on any atom is -0.444 e. The van der Waals surface area contributed by atoms with Crippen LogP contribution in [0.4, 0.5) is 4.79 Å². The molecule has 2 rings (SSSR count). The van der Waals surface area contributed by atoms with Crippen molar-refractivity contribution in [2.45, 2.75) is 104 Å². The summed E-state index contributed by atoms with van der Waals surface area (Å²) in [4.78, 5) is 56.1. The second kappa shape index (κ2) is 12.5.